The van der Waals surface area contributed by atoms with E-state index in [9.17, 15) is 0 Å². The molecule has 5 heteroatoms. The van der Waals surface area contributed by atoms with Crippen LogP contribution in [-0.2, 0) is 0 Å². The molecule has 0 fully saturated rings. The molecule has 0 unspecified atom stereocenters. The molecule has 0 aliphatic rings. The minimum atomic E-state index is 0.177. The van der Waals surface area contributed by atoms with Crippen LogP contribution in [0.25, 0.3) is 10.2 Å². The van der Waals surface area contributed by atoms with Crippen molar-refractivity contribution in [3.05, 3.63) is 18.2 Å². The van der Waals surface area contributed by atoms with Crippen LogP contribution in [0.4, 0.5) is 5.69 Å². The van der Waals surface area contributed by atoms with Gasteiger partial charge in [-0.05, 0) is 45.2 Å². The molecule has 2 aromatic rings. The fourth-order valence-corrected chi connectivity index (χ4v) is 3.27. The number of benzene rings is 1. The van der Waals surface area contributed by atoms with E-state index in [4.69, 9.17) is 0 Å². The van der Waals surface area contributed by atoms with Gasteiger partial charge in [0.15, 0.2) is 4.34 Å². The highest BCUT2D eigenvalue weighted by atomic mass is 32.2. The van der Waals surface area contributed by atoms with Gasteiger partial charge in [0.05, 0.1) is 10.2 Å². The first kappa shape index (κ1) is 14.6. The zero-order valence-corrected chi connectivity index (χ0v) is 13.5. The quantitative estimate of drug-likeness (QED) is 0.649. The van der Waals surface area contributed by atoms with Crippen LogP contribution in [0.3, 0.4) is 0 Å². The number of nitrogens with one attached hydrogen (secondary N) is 2. The molecule has 2 rings (SSSR count). The van der Waals surface area contributed by atoms with Crippen molar-refractivity contribution < 1.29 is 0 Å². The van der Waals surface area contributed by atoms with Crippen LogP contribution in [0.2, 0.25) is 0 Å². The number of fused-ring (bicyclic) bond motifs is 1. The molecule has 0 spiro atoms. The first-order chi connectivity index (χ1) is 8.98. The summed E-state index contributed by atoms with van der Waals surface area (Å²) in [6.07, 6.45) is 2.06. The van der Waals surface area contributed by atoms with E-state index in [0.29, 0.717) is 0 Å². The second-order valence-electron chi connectivity index (χ2n) is 5.47. The maximum Gasteiger partial charge on any atom is 0.150 e. The summed E-state index contributed by atoms with van der Waals surface area (Å²) < 4.78 is 2.37. The Kier molecular flexibility index (Phi) is 4.71. The summed E-state index contributed by atoms with van der Waals surface area (Å²) >= 11 is 3.45. The lowest BCUT2D eigenvalue weighted by molar-refractivity contribution is 0.435. The van der Waals surface area contributed by atoms with Crippen LogP contribution in [0.1, 0.15) is 20.8 Å². The van der Waals surface area contributed by atoms with E-state index >= 15 is 0 Å². The van der Waals surface area contributed by atoms with Crippen molar-refractivity contribution in [3.63, 3.8) is 0 Å². The molecule has 104 valence electrons. The van der Waals surface area contributed by atoms with Gasteiger partial charge in [0.1, 0.15) is 0 Å². The molecule has 0 amide bonds. The van der Waals surface area contributed by atoms with E-state index in [2.05, 4.69) is 60.8 Å². The number of hydrogen-bond acceptors (Lipinski definition) is 5. The van der Waals surface area contributed by atoms with Crippen LogP contribution in [0, 0.1) is 0 Å². The van der Waals surface area contributed by atoms with Gasteiger partial charge in [-0.2, -0.15) is 0 Å². The predicted octanol–water partition coefficient (Wildman–Crippen LogP) is 3.82. The van der Waals surface area contributed by atoms with Crippen molar-refractivity contribution >= 4 is 39.0 Å². The second-order valence-corrected chi connectivity index (χ2v) is 7.55. The highest BCUT2D eigenvalue weighted by Crippen LogP contribution is 2.29. The summed E-state index contributed by atoms with van der Waals surface area (Å²) in [5.41, 5.74) is 2.43. The number of thiazole rings is 1. The van der Waals surface area contributed by atoms with Crippen molar-refractivity contribution in [2.45, 2.75) is 30.6 Å². The van der Waals surface area contributed by atoms with Crippen molar-refractivity contribution in [1.82, 2.24) is 10.3 Å². The average Bonchev–Trinajstić information content (AvgIpc) is 2.75. The Morgan fingerprint density at radius 1 is 1.26 bits per heavy atom. The zero-order valence-electron chi connectivity index (χ0n) is 11.9. The van der Waals surface area contributed by atoms with Crippen molar-refractivity contribution in [3.8, 4) is 0 Å². The summed E-state index contributed by atoms with van der Waals surface area (Å²) in [5, 5.41) is 6.91. The molecule has 0 saturated carbocycles. The smallest absolute Gasteiger partial charge is 0.150 e. The van der Waals surface area contributed by atoms with Gasteiger partial charge in [-0.25, -0.2) is 4.98 Å². The van der Waals surface area contributed by atoms with Gasteiger partial charge < -0.3 is 10.6 Å². The minimum absolute atomic E-state index is 0.177. The van der Waals surface area contributed by atoms with Crippen molar-refractivity contribution in [1.29, 1.82) is 0 Å². The average molecular weight is 295 g/mol. The standard InChI is InChI=1S/C14H21N3S2/c1-14(2,3)16-8-7-15-10-5-6-11-12(9-10)19-13(17-11)18-4/h5-6,9,15-16H,7-8H2,1-4H3. The van der Waals surface area contributed by atoms with Crippen molar-refractivity contribution in [2.24, 2.45) is 0 Å². The Morgan fingerprint density at radius 3 is 2.74 bits per heavy atom. The fourth-order valence-electron chi connectivity index (χ4n) is 1.75. The molecule has 3 nitrogen and oxygen atoms in total. The Labute approximate surface area is 123 Å². The van der Waals surface area contributed by atoms with Gasteiger partial charge in [-0.1, -0.05) is 11.8 Å². The van der Waals surface area contributed by atoms with Crippen LogP contribution >= 0.6 is 23.1 Å². The number of rotatable bonds is 5. The third-order valence-electron chi connectivity index (χ3n) is 2.65. The van der Waals surface area contributed by atoms with Crippen LogP contribution < -0.4 is 10.6 Å². The third-order valence-corrected chi connectivity index (χ3v) is 4.66. The molecule has 1 heterocycles. The molecule has 1 aromatic carbocycles. The molecule has 19 heavy (non-hydrogen) atoms. The zero-order chi connectivity index (χ0) is 13.9. The Morgan fingerprint density at radius 2 is 2.05 bits per heavy atom. The van der Waals surface area contributed by atoms with Crippen molar-refractivity contribution in [2.75, 3.05) is 24.7 Å². The minimum Gasteiger partial charge on any atom is -0.384 e. The molecule has 0 radical (unpaired) electrons. The summed E-state index contributed by atoms with van der Waals surface area (Å²) in [6, 6.07) is 6.37. The number of nitrogens with zero attached hydrogens (tertiary/aromatic N) is 1. The SMILES string of the molecule is CSc1nc2ccc(NCCNC(C)(C)C)cc2s1. The second kappa shape index (κ2) is 6.11. The summed E-state index contributed by atoms with van der Waals surface area (Å²) in [6.45, 7) is 8.43. The molecule has 1 aromatic heterocycles. The van der Waals surface area contributed by atoms with Gasteiger partial charge in [0, 0.05) is 24.3 Å². The maximum atomic E-state index is 4.54. The topological polar surface area (TPSA) is 37.0 Å². The van der Waals surface area contributed by atoms with Crippen LogP contribution in [0.5, 0.6) is 0 Å². The van der Waals surface area contributed by atoms with Crippen LogP contribution in [-0.4, -0.2) is 29.9 Å². The number of thioether (sulfide) groups is 1. The Bertz CT molecular complexity index is 543. The van der Waals surface area contributed by atoms with Gasteiger partial charge in [-0.15, -0.1) is 11.3 Å². The number of anilines is 1. The van der Waals surface area contributed by atoms with E-state index in [1.54, 1.807) is 23.1 Å². The number of hydrogen-bond donors (Lipinski definition) is 2. The van der Waals surface area contributed by atoms with Gasteiger partial charge in [-0.3, -0.25) is 0 Å². The van der Waals surface area contributed by atoms with E-state index in [1.807, 2.05) is 0 Å². The lowest BCUT2D eigenvalue weighted by atomic mass is 10.1. The molecular formula is C14H21N3S2. The van der Waals surface area contributed by atoms with E-state index in [0.717, 1.165) is 22.9 Å². The third kappa shape index (κ3) is 4.37. The van der Waals surface area contributed by atoms with Gasteiger partial charge >= 0.3 is 0 Å². The Balaban J connectivity index is 1.94. The molecular weight excluding hydrogens is 274 g/mol. The predicted molar refractivity (Wildman–Crippen MR) is 87.6 cm³/mol. The molecule has 0 aliphatic carbocycles. The molecule has 2 N–H and O–H groups in total. The first-order valence-electron chi connectivity index (χ1n) is 6.41. The molecule has 0 bridgehead atoms. The molecule has 0 saturated heterocycles. The number of aromatic nitrogens is 1. The summed E-state index contributed by atoms with van der Waals surface area (Å²) in [4.78, 5) is 4.54. The fraction of sp³-hybridized carbons (Fsp3) is 0.500. The normalized spacial score (nSPS) is 12.0. The summed E-state index contributed by atoms with van der Waals surface area (Å²) in [5.74, 6) is 0. The summed E-state index contributed by atoms with van der Waals surface area (Å²) in [7, 11) is 0. The van der Waals surface area contributed by atoms with Gasteiger partial charge in [0.2, 0.25) is 0 Å². The maximum absolute atomic E-state index is 4.54. The molecule has 0 aliphatic heterocycles. The monoisotopic (exact) mass is 295 g/mol. The van der Waals surface area contributed by atoms with Gasteiger partial charge in [0.25, 0.3) is 0 Å². The highest BCUT2D eigenvalue weighted by molar-refractivity contribution is 8.00. The first-order valence-corrected chi connectivity index (χ1v) is 8.45. The molecule has 0 atom stereocenters. The lowest BCUT2D eigenvalue weighted by Crippen LogP contribution is -2.38. The Hall–Kier alpha value is -0.780. The largest absolute Gasteiger partial charge is 0.384 e. The van der Waals surface area contributed by atoms with E-state index in [1.165, 1.54) is 10.4 Å². The van der Waals surface area contributed by atoms with E-state index < -0.39 is 0 Å². The lowest BCUT2D eigenvalue weighted by Gasteiger charge is -2.20. The highest BCUT2D eigenvalue weighted by Gasteiger charge is 2.07. The van der Waals surface area contributed by atoms with E-state index in [-0.39, 0.29) is 5.54 Å². The van der Waals surface area contributed by atoms with Crippen LogP contribution in [0.15, 0.2) is 22.5 Å².